The standard InChI is InChI=1S/C20H24N2O4S/c1-15-5-6-16(2)19(14-15)26-13-11-21-27(24,25)18-9-7-17(8-10-18)22-12-3-4-20(22)23/h5-10,14,21H,3-4,11-13H2,1-2H3. The highest BCUT2D eigenvalue weighted by Gasteiger charge is 2.22. The van der Waals surface area contributed by atoms with Crippen LogP contribution < -0.4 is 14.4 Å². The largest absolute Gasteiger partial charge is 0.492 e. The molecule has 0 unspecified atom stereocenters. The van der Waals surface area contributed by atoms with Gasteiger partial charge in [0.1, 0.15) is 12.4 Å². The molecule has 1 amide bonds. The Bertz CT molecular complexity index is 923. The molecule has 1 saturated heterocycles. The van der Waals surface area contributed by atoms with Crippen molar-refractivity contribution < 1.29 is 17.9 Å². The van der Waals surface area contributed by atoms with E-state index in [1.165, 1.54) is 12.1 Å². The number of ether oxygens (including phenoxy) is 1. The predicted molar refractivity (Wildman–Crippen MR) is 105 cm³/mol. The number of aryl methyl sites for hydroxylation is 2. The molecule has 1 fully saturated rings. The average molecular weight is 388 g/mol. The monoisotopic (exact) mass is 388 g/mol. The lowest BCUT2D eigenvalue weighted by Crippen LogP contribution is -2.28. The van der Waals surface area contributed by atoms with Gasteiger partial charge in [0.2, 0.25) is 15.9 Å². The van der Waals surface area contributed by atoms with Crippen LogP contribution in [-0.4, -0.2) is 34.0 Å². The lowest BCUT2D eigenvalue weighted by atomic mass is 10.1. The summed E-state index contributed by atoms with van der Waals surface area (Å²) in [7, 11) is -3.62. The van der Waals surface area contributed by atoms with Crippen molar-refractivity contribution in [3.63, 3.8) is 0 Å². The number of carbonyl (C=O) groups excluding carboxylic acids is 1. The molecule has 0 atom stereocenters. The van der Waals surface area contributed by atoms with Crippen molar-refractivity contribution in [2.45, 2.75) is 31.6 Å². The fourth-order valence-electron chi connectivity index (χ4n) is 3.01. The molecule has 0 saturated carbocycles. The number of rotatable bonds is 7. The fourth-order valence-corrected chi connectivity index (χ4v) is 4.02. The van der Waals surface area contributed by atoms with Gasteiger partial charge in [-0.2, -0.15) is 0 Å². The molecule has 27 heavy (non-hydrogen) atoms. The van der Waals surface area contributed by atoms with E-state index in [0.29, 0.717) is 13.0 Å². The Hall–Kier alpha value is -2.38. The van der Waals surface area contributed by atoms with E-state index < -0.39 is 10.0 Å². The number of hydrogen-bond acceptors (Lipinski definition) is 4. The Morgan fingerprint density at radius 2 is 1.85 bits per heavy atom. The number of carbonyl (C=O) groups is 1. The number of amides is 1. The third-order valence-electron chi connectivity index (χ3n) is 4.53. The summed E-state index contributed by atoms with van der Waals surface area (Å²) in [6.45, 7) is 5.02. The molecule has 7 heteroatoms. The van der Waals surface area contributed by atoms with Crippen LogP contribution in [0.1, 0.15) is 24.0 Å². The Morgan fingerprint density at radius 3 is 2.52 bits per heavy atom. The van der Waals surface area contributed by atoms with Crippen molar-refractivity contribution in [1.82, 2.24) is 4.72 Å². The van der Waals surface area contributed by atoms with Crippen LogP contribution in [0.4, 0.5) is 5.69 Å². The summed E-state index contributed by atoms with van der Waals surface area (Å²) in [5, 5.41) is 0. The maximum atomic E-state index is 12.4. The van der Waals surface area contributed by atoms with Crippen LogP contribution in [-0.2, 0) is 14.8 Å². The van der Waals surface area contributed by atoms with Gasteiger partial charge in [-0.05, 0) is 61.7 Å². The summed E-state index contributed by atoms with van der Waals surface area (Å²) in [4.78, 5) is 13.6. The summed E-state index contributed by atoms with van der Waals surface area (Å²) in [5.41, 5.74) is 2.83. The first-order valence-corrected chi connectivity index (χ1v) is 10.5. The summed E-state index contributed by atoms with van der Waals surface area (Å²) in [6.07, 6.45) is 1.38. The van der Waals surface area contributed by atoms with Crippen molar-refractivity contribution in [3.05, 3.63) is 53.6 Å². The Morgan fingerprint density at radius 1 is 1.11 bits per heavy atom. The van der Waals surface area contributed by atoms with Crippen LogP contribution in [0.15, 0.2) is 47.4 Å². The second kappa shape index (κ2) is 8.10. The molecule has 1 aliphatic rings. The Balaban J connectivity index is 1.56. The van der Waals surface area contributed by atoms with E-state index in [1.807, 2.05) is 32.0 Å². The van der Waals surface area contributed by atoms with Gasteiger partial charge in [-0.3, -0.25) is 4.79 Å². The zero-order valence-corrected chi connectivity index (χ0v) is 16.4. The van der Waals surface area contributed by atoms with E-state index in [1.54, 1.807) is 17.0 Å². The Labute approximate surface area is 160 Å². The number of sulfonamides is 1. The van der Waals surface area contributed by atoms with Gasteiger partial charge in [0.05, 0.1) is 4.90 Å². The maximum absolute atomic E-state index is 12.4. The highest BCUT2D eigenvalue weighted by Crippen LogP contribution is 2.23. The van der Waals surface area contributed by atoms with E-state index in [2.05, 4.69) is 4.72 Å². The van der Waals surface area contributed by atoms with Crippen molar-refractivity contribution in [2.24, 2.45) is 0 Å². The van der Waals surface area contributed by atoms with Crippen molar-refractivity contribution in [2.75, 3.05) is 24.6 Å². The minimum Gasteiger partial charge on any atom is -0.492 e. The number of hydrogen-bond donors (Lipinski definition) is 1. The third kappa shape index (κ3) is 4.67. The first kappa shape index (κ1) is 19.4. The normalized spacial score (nSPS) is 14.6. The van der Waals surface area contributed by atoms with Crippen LogP contribution in [0.3, 0.4) is 0 Å². The van der Waals surface area contributed by atoms with Gasteiger partial charge in [-0.15, -0.1) is 0 Å². The zero-order valence-electron chi connectivity index (χ0n) is 15.6. The molecule has 6 nitrogen and oxygen atoms in total. The van der Waals surface area contributed by atoms with Crippen molar-refractivity contribution >= 4 is 21.6 Å². The van der Waals surface area contributed by atoms with Crippen LogP contribution in [0.25, 0.3) is 0 Å². The molecule has 1 heterocycles. The minimum atomic E-state index is -3.62. The van der Waals surface area contributed by atoms with Gasteiger partial charge in [0, 0.05) is 25.2 Å². The SMILES string of the molecule is Cc1ccc(C)c(OCCNS(=O)(=O)c2ccc(N3CCCC3=O)cc2)c1. The third-order valence-corrected chi connectivity index (χ3v) is 6.00. The molecule has 0 spiro atoms. The number of nitrogens with zero attached hydrogens (tertiary/aromatic N) is 1. The first-order valence-electron chi connectivity index (χ1n) is 8.97. The molecule has 2 aromatic rings. The predicted octanol–water partition coefficient (Wildman–Crippen LogP) is 2.79. The van der Waals surface area contributed by atoms with Gasteiger partial charge in [-0.1, -0.05) is 12.1 Å². The van der Waals surface area contributed by atoms with E-state index in [0.717, 1.165) is 29.0 Å². The summed E-state index contributed by atoms with van der Waals surface area (Å²) in [5.74, 6) is 0.834. The molecule has 1 N–H and O–H groups in total. The maximum Gasteiger partial charge on any atom is 0.240 e. The summed E-state index contributed by atoms with van der Waals surface area (Å²) >= 11 is 0. The molecular formula is C20H24N2O4S. The molecule has 1 aliphatic heterocycles. The van der Waals surface area contributed by atoms with Crippen molar-refractivity contribution in [3.8, 4) is 5.75 Å². The van der Waals surface area contributed by atoms with E-state index in [4.69, 9.17) is 4.74 Å². The zero-order chi connectivity index (χ0) is 19.4. The average Bonchev–Trinajstić information content (AvgIpc) is 3.07. The van der Waals surface area contributed by atoms with Gasteiger partial charge < -0.3 is 9.64 Å². The van der Waals surface area contributed by atoms with Gasteiger partial charge in [0.25, 0.3) is 0 Å². The molecular weight excluding hydrogens is 364 g/mol. The second-order valence-corrected chi connectivity index (χ2v) is 8.42. The number of nitrogens with one attached hydrogen (secondary N) is 1. The number of anilines is 1. The molecule has 2 aromatic carbocycles. The lowest BCUT2D eigenvalue weighted by molar-refractivity contribution is -0.117. The van der Waals surface area contributed by atoms with Crippen LogP contribution in [0.2, 0.25) is 0 Å². The molecule has 144 valence electrons. The molecule has 0 radical (unpaired) electrons. The summed E-state index contributed by atoms with van der Waals surface area (Å²) in [6, 6.07) is 12.3. The highest BCUT2D eigenvalue weighted by atomic mass is 32.2. The Kier molecular flexibility index (Phi) is 5.82. The topological polar surface area (TPSA) is 75.7 Å². The molecule has 0 aliphatic carbocycles. The van der Waals surface area contributed by atoms with Gasteiger partial charge >= 0.3 is 0 Å². The molecule has 0 aromatic heterocycles. The van der Waals surface area contributed by atoms with Crippen LogP contribution in [0, 0.1) is 13.8 Å². The quantitative estimate of drug-likeness (QED) is 0.740. The number of benzene rings is 2. The first-order chi connectivity index (χ1) is 12.9. The highest BCUT2D eigenvalue weighted by molar-refractivity contribution is 7.89. The fraction of sp³-hybridized carbons (Fsp3) is 0.350. The smallest absolute Gasteiger partial charge is 0.240 e. The minimum absolute atomic E-state index is 0.0762. The summed E-state index contributed by atoms with van der Waals surface area (Å²) < 4.78 is 33.0. The lowest BCUT2D eigenvalue weighted by Gasteiger charge is -2.16. The van der Waals surface area contributed by atoms with E-state index in [9.17, 15) is 13.2 Å². The van der Waals surface area contributed by atoms with Gasteiger partial charge in [0.15, 0.2) is 0 Å². The van der Waals surface area contributed by atoms with E-state index in [-0.39, 0.29) is 24.0 Å². The molecule has 3 rings (SSSR count). The van der Waals surface area contributed by atoms with Crippen molar-refractivity contribution in [1.29, 1.82) is 0 Å². The second-order valence-electron chi connectivity index (χ2n) is 6.66. The van der Waals surface area contributed by atoms with Crippen LogP contribution >= 0.6 is 0 Å². The van der Waals surface area contributed by atoms with Crippen LogP contribution in [0.5, 0.6) is 5.75 Å². The molecule has 0 bridgehead atoms. The van der Waals surface area contributed by atoms with Gasteiger partial charge in [-0.25, -0.2) is 13.1 Å². The van der Waals surface area contributed by atoms with E-state index >= 15 is 0 Å².